The molecule has 0 aliphatic heterocycles. The number of hydrogen-bond donors (Lipinski definition) is 0. The van der Waals surface area contributed by atoms with Gasteiger partial charge in [0, 0.05) is 47.8 Å². The second-order valence-corrected chi connectivity index (χ2v) is 50.1. The van der Waals surface area contributed by atoms with E-state index >= 15 is 0 Å². The number of carbonyl (C=O) groups is 12. The van der Waals surface area contributed by atoms with E-state index in [0.29, 0.717) is 137 Å². The number of rotatable bonds is 41. The SMILES string of the molecule is C.C.C.C=C(C)C(=O)OCC(=O)OC1(C(C)C)C2CC3CC(C2)CC1C3.C=C(C)C(=O)OCCCC(=O)OC1(CC(C)C)C2CC3CC(C2)CC1C3.C=C(C)C(=O)OCCCC(=O)OC1(CCCC)C2CC3CC(C2)CC1C3.C=CC(=O)OCC(=O)OC1(CC(C)C)C2CC3CC(C2)CC1C3.C=CC(=O)OCC(=O)OC1(CCCC)C2CC3CC(C2)CC1C3.C=CC(=O)OCCC(=O)OC1(C(C)C)C2CC3CC(C2)CC1C3. The van der Waals surface area contributed by atoms with Gasteiger partial charge in [-0.1, -0.05) is 144 Å². The highest BCUT2D eigenvalue weighted by molar-refractivity contribution is 5.89. The Morgan fingerprint density at radius 2 is 0.483 bits per heavy atom. The summed E-state index contributed by atoms with van der Waals surface area (Å²) in [6.07, 6.45) is 50.8. The minimum Gasteiger partial charge on any atom is -0.462 e. The normalized spacial score (nSPS) is 35.8. The van der Waals surface area contributed by atoms with E-state index < -0.39 is 47.8 Å². The van der Waals surface area contributed by atoms with Gasteiger partial charge in [-0.25, -0.2) is 43.2 Å². The van der Waals surface area contributed by atoms with Crippen LogP contribution in [0.4, 0.5) is 0 Å². The third kappa shape index (κ3) is 28.6. The molecule has 24 fully saturated rings. The number of ether oxygens (including phenoxy) is 12. The molecule has 147 heavy (non-hydrogen) atoms. The quantitative estimate of drug-likeness (QED) is 0.0237. The van der Waals surface area contributed by atoms with Crippen LogP contribution in [0.25, 0.3) is 0 Å². The topological polar surface area (TPSA) is 316 Å². The van der Waals surface area contributed by atoms with Crippen molar-refractivity contribution in [2.45, 2.75) is 422 Å². The highest BCUT2D eigenvalue weighted by Gasteiger charge is 2.67. The average molecular weight is 2050 g/mol. The molecule has 0 N–H and O–H groups in total. The lowest BCUT2D eigenvalue weighted by Gasteiger charge is -2.61. The maximum absolute atomic E-state index is 12.6. The van der Waals surface area contributed by atoms with Gasteiger partial charge in [-0.3, -0.25) is 14.4 Å². The van der Waals surface area contributed by atoms with E-state index in [0.717, 1.165) is 141 Å². The number of unbranched alkanes of at least 4 members (excludes halogenated alkanes) is 2. The van der Waals surface area contributed by atoms with Crippen molar-refractivity contribution in [2.24, 2.45) is 166 Å². The van der Waals surface area contributed by atoms with Crippen LogP contribution < -0.4 is 0 Å². The van der Waals surface area contributed by atoms with E-state index in [4.69, 9.17) is 56.8 Å². The molecule has 0 amide bonds. The summed E-state index contributed by atoms with van der Waals surface area (Å²) in [5.74, 6) is 13.3. The summed E-state index contributed by atoms with van der Waals surface area (Å²) in [5, 5.41) is 0. The lowest BCUT2D eigenvalue weighted by atomic mass is 9.47. The van der Waals surface area contributed by atoms with Crippen molar-refractivity contribution >= 4 is 71.6 Å². The Labute approximate surface area is 882 Å². The van der Waals surface area contributed by atoms with Gasteiger partial charge >= 0.3 is 71.6 Å². The zero-order chi connectivity index (χ0) is 104. The molecule has 828 valence electrons. The molecule has 24 bridgehead atoms. The minimum absolute atomic E-state index is 0. The predicted molar refractivity (Wildman–Crippen MR) is 567 cm³/mol. The van der Waals surface area contributed by atoms with Gasteiger partial charge in [0.05, 0.1) is 19.6 Å². The third-order valence-corrected chi connectivity index (χ3v) is 38.4. The van der Waals surface area contributed by atoms with E-state index in [1.807, 2.05) is 0 Å². The lowest BCUT2D eigenvalue weighted by Crippen LogP contribution is -2.62. The van der Waals surface area contributed by atoms with Gasteiger partial charge in [-0.2, -0.15) is 0 Å². The van der Waals surface area contributed by atoms with Crippen LogP contribution >= 0.6 is 0 Å². The van der Waals surface area contributed by atoms with Crippen LogP contribution in [0.1, 0.15) is 388 Å². The highest BCUT2D eigenvalue weighted by Crippen LogP contribution is 2.68. The smallest absolute Gasteiger partial charge is 0.344 e. The molecule has 24 aliphatic carbocycles. The van der Waals surface area contributed by atoms with Gasteiger partial charge in [0.25, 0.3) is 0 Å². The van der Waals surface area contributed by atoms with Crippen LogP contribution in [0.5, 0.6) is 0 Å². The summed E-state index contributed by atoms with van der Waals surface area (Å²) in [5.41, 5.74) is -0.683. The van der Waals surface area contributed by atoms with Gasteiger partial charge in [0.15, 0.2) is 19.8 Å². The standard InChI is InChI=1S/2C22H34O4.4C19H28O4.3CH4/c1-14(2)13-22(18-9-16-8-17(11-18)12-19(22)10-16)26-20(23)6-5-7-25-21(24)15(3)4;1-4-5-8-22(18-11-16-10-17(13-18)14-19(22)12-16)26-20(23)7-6-9-25-21(24)15(2)3;1-11(2)18(21)22-10-17(20)23-19(12(3)4)15-6-13-5-14(8-15)9-16(19)7-13;1-4-17(20)22-11-18(21)23-19(10-12(2)3)15-6-13-5-14(8-15)9-16(19)7-13;1-4-17(20)22-6-5-18(21)23-19(12(2)3)15-8-13-7-14(10-15)11-16(19)9-13;1-3-5-6-19(23-18(21)12-22-17(20)4-2)15-8-13-7-14(10-15)11-16(19)9-13;;;/h14,16-19H,3,5-13H2,1-2,4H3;16-19H,2,4-14H2,1,3H3;12-16H,1,5-10H2,2-4H3;2*4,12-16H,1,5-11H2,2-3H3;4,13-16H,2-3,5-12H2,1H3;3*1H4. The second-order valence-electron chi connectivity index (χ2n) is 50.1. The molecule has 0 aromatic heterocycles. The molecule has 0 heterocycles. The fourth-order valence-electron chi connectivity index (χ4n) is 34.2. The van der Waals surface area contributed by atoms with Gasteiger partial charge in [0.1, 0.15) is 40.2 Å². The maximum atomic E-state index is 12.6. The molecule has 24 rings (SSSR count). The fourth-order valence-corrected chi connectivity index (χ4v) is 34.2. The summed E-state index contributed by atoms with van der Waals surface area (Å²) in [7, 11) is 0. The first kappa shape index (κ1) is 121. The van der Waals surface area contributed by atoms with E-state index in [-0.39, 0.29) is 126 Å². The lowest BCUT2D eigenvalue weighted by molar-refractivity contribution is -0.227. The Morgan fingerprint density at radius 3 is 0.741 bits per heavy atom. The van der Waals surface area contributed by atoms with Crippen LogP contribution in [-0.4, -0.2) is 145 Å². The third-order valence-electron chi connectivity index (χ3n) is 38.4. The van der Waals surface area contributed by atoms with Gasteiger partial charge in [0.2, 0.25) is 0 Å². The van der Waals surface area contributed by atoms with Gasteiger partial charge < -0.3 is 56.8 Å². The first-order valence-corrected chi connectivity index (χ1v) is 56.7. The molecule has 0 aromatic carbocycles. The maximum Gasteiger partial charge on any atom is 0.344 e. The Hall–Kier alpha value is -7.92. The molecule has 0 saturated heterocycles. The Bertz CT molecular complexity index is 4380. The van der Waals surface area contributed by atoms with Crippen molar-refractivity contribution in [3.63, 3.8) is 0 Å². The molecule has 0 radical (unpaired) electrons. The van der Waals surface area contributed by atoms with E-state index in [2.05, 4.69) is 109 Å². The van der Waals surface area contributed by atoms with E-state index in [1.54, 1.807) is 20.8 Å². The minimum atomic E-state index is -0.579. The molecule has 24 nitrogen and oxygen atoms in total. The molecule has 24 heteroatoms. The predicted octanol–water partition coefficient (Wildman–Crippen LogP) is 25.5. The summed E-state index contributed by atoms with van der Waals surface area (Å²) in [6, 6.07) is 0. The van der Waals surface area contributed by atoms with Crippen molar-refractivity contribution in [3.8, 4) is 0 Å². The zero-order valence-corrected chi connectivity index (χ0v) is 90.1. The zero-order valence-electron chi connectivity index (χ0n) is 90.1. The molecule has 24 saturated carbocycles. The molecular formula is C123H192O24. The van der Waals surface area contributed by atoms with Crippen LogP contribution in [0.15, 0.2) is 74.4 Å². The summed E-state index contributed by atoms with van der Waals surface area (Å²) in [4.78, 5) is 142. The second kappa shape index (κ2) is 53.1. The van der Waals surface area contributed by atoms with Crippen LogP contribution in [0.2, 0.25) is 0 Å². The Morgan fingerprint density at radius 1 is 0.265 bits per heavy atom. The van der Waals surface area contributed by atoms with E-state index in [1.165, 1.54) is 193 Å². The first-order chi connectivity index (χ1) is 68.5. The van der Waals surface area contributed by atoms with Crippen LogP contribution in [0.3, 0.4) is 0 Å². The average Bonchev–Trinajstić information content (AvgIpc) is 0.714. The molecule has 0 aromatic rings. The van der Waals surface area contributed by atoms with Crippen molar-refractivity contribution < 1.29 is 114 Å². The van der Waals surface area contributed by atoms with Crippen molar-refractivity contribution in [1.29, 1.82) is 0 Å². The van der Waals surface area contributed by atoms with Crippen molar-refractivity contribution in [2.75, 3.05) is 39.6 Å². The van der Waals surface area contributed by atoms with Crippen LogP contribution in [-0.2, 0) is 114 Å². The van der Waals surface area contributed by atoms with Gasteiger partial charge in [-0.15, -0.1) is 0 Å². The fraction of sp³-hybridized carbons (Fsp3) is 0.805. The Balaban J connectivity index is 0.000000180. The van der Waals surface area contributed by atoms with Crippen LogP contribution in [0, 0.1) is 166 Å². The van der Waals surface area contributed by atoms with E-state index in [9.17, 15) is 57.5 Å². The van der Waals surface area contributed by atoms with Crippen molar-refractivity contribution in [3.05, 3.63) is 74.4 Å². The van der Waals surface area contributed by atoms with Crippen molar-refractivity contribution in [1.82, 2.24) is 0 Å². The number of esters is 12. The van der Waals surface area contributed by atoms with Gasteiger partial charge in [-0.05, 0) is 430 Å². The number of hydrogen-bond acceptors (Lipinski definition) is 24. The summed E-state index contributed by atoms with van der Waals surface area (Å²) in [6.45, 7) is 47.1. The number of carbonyl (C=O) groups excluding carboxylic acids is 12. The largest absolute Gasteiger partial charge is 0.462 e. The molecular weight excluding hydrogens is 1860 g/mol. The Kier molecular flexibility index (Phi) is 43.7. The first-order valence-electron chi connectivity index (χ1n) is 56.7. The summed E-state index contributed by atoms with van der Waals surface area (Å²) < 4.78 is 66.7. The molecule has 0 atom stereocenters. The molecule has 24 aliphatic rings. The summed E-state index contributed by atoms with van der Waals surface area (Å²) >= 11 is 0. The highest BCUT2D eigenvalue weighted by atomic mass is 16.6. The molecule has 0 unspecified atom stereocenters. The molecule has 0 spiro atoms. The monoisotopic (exact) mass is 2050 g/mol.